The van der Waals surface area contributed by atoms with Gasteiger partial charge in [-0.2, -0.15) is 0 Å². The number of nitrogens with zero attached hydrogens (tertiary/aromatic N) is 2. The van der Waals surface area contributed by atoms with Crippen molar-refractivity contribution >= 4 is 29.2 Å². The molecule has 2 aromatic rings. The number of para-hydroxylation sites is 1. The zero-order valence-electron chi connectivity index (χ0n) is 13.7. The molecular weight excluding hydrogens is 344 g/mol. The molecule has 2 aliphatic heterocycles. The molecule has 8 heteroatoms. The molecule has 2 fully saturated rings. The van der Waals surface area contributed by atoms with E-state index in [1.807, 2.05) is 4.90 Å². The number of hydrogen-bond acceptors (Lipinski definition) is 4. The minimum Gasteiger partial charge on any atom is -0.334 e. The van der Waals surface area contributed by atoms with Crippen molar-refractivity contribution in [1.29, 1.82) is 0 Å². The summed E-state index contributed by atoms with van der Waals surface area (Å²) in [6.07, 6.45) is 2.90. The van der Waals surface area contributed by atoms with Gasteiger partial charge in [0.1, 0.15) is 6.54 Å². The number of carbonyl (C=O) groups is 1. The number of aromatic nitrogens is 2. The molecule has 2 unspecified atom stereocenters. The van der Waals surface area contributed by atoms with Crippen LogP contribution in [0, 0.1) is 0 Å². The lowest BCUT2D eigenvalue weighted by Gasteiger charge is -2.28. The highest BCUT2D eigenvalue weighted by molar-refractivity contribution is 5.85. The monoisotopic (exact) mass is 364 g/mol. The van der Waals surface area contributed by atoms with Crippen LogP contribution >= 0.6 is 12.4 Å². The van der Waals surface area contributed by atoms with Crippen molar-refractivity contribution in [3.63, 3.8) is 0 Å². The molecule has 2 atom stereocenters. The minimum atomic E-state index is -0.535. The topological polar surface area (TPSA) is 87.2 Å². The Hall–Kier alpha value is -2.12. The number of H-pyrrole nitrogens is 1. The van der Waals surface area contributed by atoms with Crippen molar-refractivity contribution in [2.24, 2.45) is 0 Å². The van der Waals surface area contributed by atoms with Crippen LogP contribution in [-0.4, -0.2) is 45.5 Å². The predicted molar refractivity (Wildman–Crippen MR) is 97.2 cm³/mol. The van der Waals surface area contributed by atoms with Crippen LogP contribution in [0.25, 0.3) is 10.9 Å². The van der Waals surface area contributed by atoms with E-state index in [2.05, 4.69) is 10.3 Å². The molecule has 134 valence electrons. The van der Waals surface area contributed by atoms with Crippen LogP contribution in [0.5, 0.6) is 0 Å². The van der Waals surface area contributed by atoms with Crippen molar-refractivity contribution in [3.05, 3.63) is 45.1 Å². The standard InChI is InChI=1S/C17H20N4O3.ClH/c22-15(21-11-5-6-12(21)9-18-8-7-11)10-20-16(23)13-3-1-2-4-14(13)19-17(20)24;/h1-4,11-12,18H,5-10H2,(H,19,24);1H. The van der Waals surface area contributed by atoms with E-state index in [1.165, 1.54) is 0 Å². The van der Waals surface area contributed by atoms with Gasteiger partial charge in [0.05, 0.1) is 10.9 Å². The van der Waals surface area contributed by atoms with Crippen LogP contribution in [0.2, 0.25) is 0 Å². The van der Waals surface area contributed by atoms with Crippen molar-refractivity contribution < 1.29 is 4.79 Å². The number of fused-ring (bicyclic) bond motifs is 3. The average Bonchev–Trinajstić information content (AvgIpc) is 2.84. The Bertz CT molecular complexity index is 893. The van der Waals surface area contributed by atoms with E-state index < -0.39 is 11.2 Å². The second-order valence-corrected chi connectivity index (χ2v) is 6.55. The number of nitrogens with one attached hydrogen (secondary N) is 2. The molecule has 1 amide bonds. The molecule has 25 heavy (non-hydrogen) atoms. The largest absolute Gasteiger partial charge is 0.334 e. The lowest BCUT2D eigenvalue weighted by Crippen LogP contribution is -2.47. The van der Waals surface area contributed by atoms with Gasteiger partial charge in [0.2, 0.25) is 5.91 Å². The Morgan fingerprint density at radius 3 is 2.72 bits per heavy atom. The van der Waals surface area contributed by atoms with Gasteiger partial charge in [-0.3, -0.25) is 14.2 Å². The lowest BCUT2D eigenvalue weighted by molar-refractivity contribution is -0.134. The summed E-state index contributed by atoms with van der Waals surface area (Å²) in [6, 6.07) is 7.23. The summed E-state index contributed by atoms with van der Waals surface area (Å²) in [5, 5.41) is 3.77. The third kappa shape index (κ3) is 3.09. The molecule has 3 heterocycles. The Balaban J connectivity index is 0.00000182. The minimum absolute atomic E-state index is 0. The van der Waals surface area contributed by atoms with E-state index in [-0.39, 0.29) is 36.9 Å². The van der Waals surface area contributed by atoms with Crippen molar-refractivity contribution in [1.82, 2.24) is 19.8 Å². The van der Waals surface area contributed by atoms with E-state index in [0.717, 1.165) is 36.9 Å². The van der Waals surface area contributed by atoms with Gasteiger partial charge in [-0.1, -0.05) is 12.1 Å². The van der Waals surface area contributed by atoms with Crippen LogP contribution in [0.1, 0.15) is 19.3 Å². The molecule has 2 aliphatic rings. The van der Waals surface area contributed by atoms with Crippen molar-refractivity contribution in [3.8, 4) is 0 Å². The third-order valence-electron chi connectivity index (χ3n) is 5.12. The van der Waals surface area contributed by atoms with Crippen LogP contribution in [-0.2, 0) is 11.3 Å². The van der Waals surface area contributed by atoms with Crippen LogP contribution in [0.3, 0.4) is 0 Å². The number of benzene rings is 1. The molecule has 2 bridgehead atoms. The average molecular weight is 365 g/mol. The van der Waals surface area contributed by atoms with E-state index in [4.69, 9.17) is 0 Å². The molecule has 1 aromatic carbocycles. The van der Waals surface area contributed by atoms with Gasteiger partial charge in [-0.15, -0.1) is 12.4 Å². The summed E-state index contributed by atoms with van der Waals surface area (Å²) >= 11 is 0. The van der Waals surface area contributed by atoms with E-state index in [0.29, 0.717) is 10.9 Å². The molecule has 0 radical (unpaired) electrons. The lowest BCUT2D eigenvalue weighted by atomic mass is 10.1. The molecule has 4 rings (SSSR count). The second-order valence-electron chi connectivity index (χ2n) is 6.55. The summed E-state index contributed by atoms with van der Waals surface area (Å²) in [5.74, 6) is -0.144. The maximum absolute atomic E-state index is 12.8. The molecule has 2 N–H and O–H groups in total. The Morgan fingerprint density at radius 1 is 1.12 bits per heavy atom. The second kappa shape index (κ2) is 7.01. The van der Waals surface area contributed by atoms with E-state index in [9.17, 15) is 14.4 Å². The zero-order valence-corrected chi connectivity index (χ0v) is 14.6. The Labute approximate surface area is 150 Å². The SMILES string of the molecule is Cl.O=C(Cn1c(=O)[nH]c2ccccc2c1=O)N1C2CCNCC1CC2. The molecular formula is C17H21ClN4O3. The van der Waals surface area contributed by atoms with Gasteiger partial charge < -0.3 is 15.2 Å². The fourth-order valence-corrected chi connectivity index (χ4v) is 3.95. The first-order valence-corrected chi connectivity index (χ1v) is 8.39. The highest BCUT2D eigenvalue weighted by Crippen LogP contribution is 2.28. The maximum Gasteiger partial charge on any atom is 0.329 e. The molecule has 0 aliphatic carbocycles. The van der Waals surface area contributed by atoms with Gasteiger partial charge in [0.25, 0.3) is 5.56 Å². The number of rotatable bonds is 2. The van der Waals surface area contributed by atoms with Crippen LogP contribution < -0.4 is 16.6 Å². The van der Waals surface area contributed by atoms with Gasteiger partial charge in [0, 0.05) is 18.6 Å². The van der Waals surface area contributed by atoms with Gasteiger partial charge in [-0.05, 0) is 37.9 Å². The van der Waals surface area contributed by atoms with Gasteiger partial charge >= 0.3 is 5.69 Å². The third-order valence-corrected chi connectivity index (χ3v) is 5.12. The van der Waals surface area contributed by atoms with E-state index >= 15 is 0 Å². The van der Waals surface area contributed by atoms with Crippen molar-refractivity contribution in [2.45, 2.75) is 37.9 Å². The van der Waals surface area contributed by atoms with Gasteiger partial charge in [0.15, 0.2) is 0 Å². The van der Waals surface area contributed by atoms with E-state index in [1.54, 1.807) is 24.3 Å². The smallest absolute Gasteiger partial charge is 0.329 e. The summed E-state index contributed by atoms with van der Waals surface area (Å²) < 4.78 is 1.02. The fraction of sp³-hybridized carbons (Fsp3) is 0.471. The number of halogens is 1. The molecule has 2 saturated heterocycles. The zero-order chi connectivity index (χ0) is 16.7. The Morgan fingerprint density at radius 2 is 1.88 bits per heavy atom. The summed E-state index contributed by atoms with van der Waals surface area (Å²) in [6.45, 7) is 1.48. The number of aromatic amines is 1. The first-order chi connectivity index (χ1) is 11.6. The molecule has 7 nitrogen and oxygen atoms in total. The van der Waals surface area contributed by atoms with Crippen molar-refractivity contribution in [2.75, 3.05) is 13.1 Å². The van der Waals surface area contributed by atoms with Crippen LogP contribution in [0.4, 0.5) is 0 Å². The molecule has 0 spiro atoms. The first kappa shape index (κ1) is 17.7. The first-order valence-electron chi connectivity index (χ1n) is 8.39. The normalized spacial score (nSPS) is 22.5. The summed E-state index contributed by atoms with van der Waals surface area (Å²) in [5.41, 5.74) is -0.453. The quantitative estimate of drug-likeness (QED) is 0.810. The molecule has 1 aromatic heterocycles. The summed E-state index contributed by atoms with van der Waals surface area (Å²) in [7, 11) is 0. The predicted octanol–water partition coefficient (Wildman–Crippen LogP) is 0.464. The summed E-state index contributed by atoms with van der Waals surface area (Å²) in [4.78, 5) is 42.2. The molecule has 0 saturated carbocycles. The highest BCUT2D eigenvalue weighted by atomic mass is 35.5. The van der Waals surface area contributed by atoms with Gasteiger partial charge in [-0.25, -0.2) is 4.79 Å². The Kier molecular flexibility index (Phi) is 4.96. The highest BCUT2D eigenvalue weighted by Gasteiger charge is 2.38. The van der Waals surface area contributed by atoms with Crippen LogP contribution in [0.15, 0.2) is 33.9 Å². The maximum atomic E-state index is 12.8. The number of hydrogen-bond donors (Lipinski definition) is 2. The fourth-order valence-electron chi connectivity index (χ4n) is 3.95. The number of amides is 1. The number of carbonyl (C=O) groups excluding carboxylic acids is 1.